The van der Waals surface area contributed by atoms with Crippen molar-refractivity contribution in [2.75, 3.05) is 39.3 Å². The Kier molecular flexibility index (Phi) is 6.40. The molecule has 0 bridgehead atoms. The van der Waals surface area contributed by atoms with Gasteiger partial charge in [0.25, 0.3) is 5.91 Å². The highest BCUT2D eigenvalue weighted by Gasteiger charge is 2.29. The fraction of sp³-hybridized carbons (Fsp3) is 0.750. The summed E-state index contributed by atoms with van der Waals surface area (Å²) < 4.78 is 4.72. The first-order chi connectivity index (χ1) is 9.45. The standard InChI is InChI=1S/C12H21N3O5/c1-2-20-12(19)10(13)11(18)15-5-3-4-14(6-7-15)8-9(16)17/h10H,2-8,13H2,1H3,(H,16,17). The number of nitrogens with zero attached hydrogens (tertiary/aromatic N) is 2. The zero-order chi connectivity index (χ0) is 15.1. The van der Waals surface area contributed by atoms with Gasteiger partial charge in [0, 0.05) is 26.2 Å². The van der Waals surface area contributed by atoms with Crippen molar-refractivity contribution >= 4 is 17.8 Å². The quantitative estimate of drug-likeness (QED) is 0.467. The molecule has 1 amide bonds. The average molecular weight is 287 g/mol. The molecule has 0 aromatic rings. The van der Waals surface area contributed by atoms with E-state index in [9.17, 15) is 14.4 Å². The van der Waals surface area contributed by atoms with Crippen molar-refractivity contribution in [3.63, 3.8) is 0 Å². The van der Waals surface area contributed by atoms with E-state index in [0.717, 1.165) is 0 Å². The highest BCUT2D eigenvalue weighted by molar-refractivity contribution is 6.01. The Bertz CT molecular complexity index is 374. The van der Waals surface area contributed by atoms with E-state index in [1.807, 2.05) is 0 Å². The minimum absolute atomic E-state index is 0.0496. The number of carboxylic acid groups (broad SMARTS) is 1. The highest BCUT2D eigenvalue weighted by Crippen LogP contribution is 2.05. The SMILES string of the molecule is CCOC(=O)C(N)C(=O)N1CCCN(CC(=O)O)CC1. The van der Waals surface area contributed by atoms with E-state index >= 15 is 0 Å². The van der Waals surface area contributed by atoms with Gasteiger partial charge in [-0.05, 0) is 13.3 Å². The van der Waals surface area contributed by atoms with Crippen LogP contribution >= 0.6 is 0 Å². The number of hydrogen-bond donors (Lipinski definition) is 2. The van der Waals surface area contributed by atoms with Crippen LogP contribution in [0.25, 0.3) is 0 Å². The fourth-order valence-corrected chi connectivity index (χ4v) is 2.07. The molecule has 0 aromatic heterocycles. The van der Waals surface area contributed by atoms with Gasteiger partial charge in [-0.1, -0.05) is 0 Å². The van der Waals surface area contributed by atoms with Gasteiger partial charge in [0.15, 0.2) is 6.04 Å². The molecule has 0 spiro atoms. The van der Waals surface area contributed by atoms with Gasteiger partial charge in [0.1, 0.15) is 0 Å². The number of ether oxygens (including phenoxy) is 1. The Hall–Kier alpha value is -1.67. The molecule has 0 aromatic carbocycles. The molecule has 0 saturated carbocycles. The Morgan fingerprint density at radius 1 is 1.25 bits per heavy atom. The number of nitrogens with two attached hydrogens (primary N) is 1. The minimum atomic E-state index is -1.30. The summed E-state index contributed by atoms with van der Waals surface area (Å²) in [6.45, 7) is 3.64. The highest BCUT2D eigenvalue weighted by atomic mass is 16.5. The first kappa shape index (κ1) is 16.4. The predicted molar refractivity (Wildman–Crippen MR) is 69.9 cm³/mol. The van der Waals surface area contributed by atoms with Gasteiger partial charge in [-0.25, -0.2) is 4.79 Å². The van der Waals surface area contributed by atoms with Crippen LogP contribution in [-0.2, 0) is 19.1 Å². The van der Waals surface area contributed by atoms with Crippen molar-refractivity contribution in [2.45, 2.75) is 19.4 Å². The molecule has 0 radical (unpaired) electrons. The summed E-state index contributed by atoms with van der Waals surface area (Å²) >= 11 is 0. The number of carboxylic acids is 1. The molecular formula is C12H21N3O5. The van der Waals surface area contributed by atoms with Crippen molar-refractivity contribution in [2.24, 2.45) is 5.73 Å². The summed E-state index contributed by atoms with van der Waals surface area (Å²) in [5, 5.41) is 8.75. The van der Waals surface area contributed by atoms with E-state index in [2.05, 4.69) is 0 Å². The molecule has 20 heavy (non-hydrogen) atoms. The summed E-state index contributed by atoms with van der Waals surface area (Å²) in [5.41, 5.74) is 5.57. The summed E-state index contributed by atoms with van der Waals surface area (Å²) in [6.07, 6.45) is 0.647. The summed E-state index contributed by atoms with van der Waals surface area (Å²) in [5.74, 6) is -2.10. The third kappa shape index (κ3) is 4.78. The second-order valence-corrected chi connectivity index (χ2v) is 4.58. The number of rotatable bonds is 5. The molecule has 8 nitrogen and oxygen atoms in total. The van der Waals surface area contributed by atoms with E-state index < -0.39 is 23.9 Å². The van der Waals surface area contributed by atoms with Crippen LogP contribution in [0.5, 0.6) is 0 Å². The zero-order valence-electron chi connectivity index (χ0n) is 11.6. The van der Waals surface area contributed by atoms with Crippen molar-refractivity contribution in [3.8, 4) is 0 Å². The first-order valence-electron chi connectivity index (χ1n) is 6.60. The number of aliphatic carboxylic acids is 1. The van der Waals surface area contributed by atoms with E-state index in [0.29, 0.717) is 32.6 Å². The maximum atomic E-state index is 12.1. The number of esters is 1. The van der Waals surface area contributed by atoms with Gasteiger partial charge in [-0.2, -0.15) is 0 Å². The zero-order valence-corrected chi connectivity index (χ0v) is 11.6. The van der Waals surface area contributed by atoms with Crippen molar-refractivity contribution < 1.29 is 24.2 Å². The smallest absolute Gasteiger partial charge is 0.332 e. The van der Waals surface area contributed by atoms with Crippen LogP contribution in [-0.4, -0.2) is 78.1 Å². The molecular weight excluding hydrogens is 266 g/mol. The van der Waals surface area contributed by atoms with Crippen LogP contribution in [0.2, 0.25) is 0 Å². The molecule has 114 valence electrons. The molecule has 1 aliphatic rings. The second kappa shape index (κ2) is 7.81. The predicted octanol–water partition coefficient (Wildman–Crippen LogP) is -1.50. The van der Waals surface area contributed by atoms with E-state index in [4.69, 9.17) is 15.6 Å². The monoisotopic (exact) mass is 287 g/mol. The second-order valence-electron chi connectivity index (χ2n) is 4.58. The Balaban J connectivity index is 2.53. The Morgan fingerprint density at radius 2 is 1.95 bits per heavy atom. The lowest BCUT2D eigenvalue weighted by Crippen LogP contribution is -2.50. The molecule has 1 atom stereocenters. The van der Waals surface area contributed by atoms with E-state index in [1.165, 1.54) is 4.90 Å². The number of carbonyl (C=O) groups is 3. The molecule has 1 rings (SSSR count). The summed E-state index contributed by atoms with van der Waals surface area (Å²) in [7, 11) is 0. The number of hydrogen-bond acceptors (Lipinski definition) is 6. The van der Waals surface area contributed by atoms with Gasteiger partial charge < -0.3 is 20.5 Å². The third-order valence-electron chi connectivity index (χ3n) is 3.07. The molecule has 1 fully saturated rings. The van der Waals surface area contributed by atoms with E-state index in [1.54, 1.807) is 11.8 Å². The molecule has 1 unspecified atom stereocenters. The average Bonchev–Trinajstić information content (AvgIpc) is 2.62. The Morgan fingerprint density at radius 3 is 2.55 bits per heavy atom. The maximum absolute atomic E-state index is 12.1. The first-order valence-corrected chi connectivity index (χ1v) is 6.60. The minimum Gasteiger partial charge on any atom is -0.480 e. The van der Waals surface area contributed by atoms with Crippen LogP contribution < -0.4 is 5.73 Å². The van der Waals surface area contributed by atoms with Gasteiger partial charge in [0.05, 0.1) is 13.2 Å². The molecule has 0 aliphatic carbocycles. The number of amides is 1. The summed E-state index contributed by atoms with van der Waals surface area (Å²) in [6, 6.07) is -1.30. The molecule has 1 heterocycles. The number of carbonyl (C=O) groups excluding carboxylic acids is 2. The molecule has 3 N–H and O–H groups in total. The van der Waals surface area contributed by atoms with Crippen LogP contribution in [0.4, 0.5) is 0 Å². The van der Waals surface area contributed by atoms with Crippen LogP contribution in [0.1, 0.15) is 13.3 Å². The van der Waals surface area contributed by atoms with Gasteiger partial charge >= 0.3 is 11.9 Å². The van der Waals surface area contributed by atoms with Gasteiger partial charge in [0.2, 0.25) is 0 Å². The molecule has 1 saturated heterocycles. The van der Waals surface area contributed by atoms with Crippen LogP contribution in [0, 0.1) is 0 Å². The summed E-state index contributed by atoms with van der Waals surface area (Å²) in [4.78, 5) is 37.4. The lowest BCUT2D eigenvalue weighted by molar-refractivity contribution is -0.150. The van der Waals surface area contributed by atoms with Crippen molar-refractivity contribution in [1.82, 2.24) is 9.80 Å². The van der Waals surface area contributed by atoms with Gasteiger partial charge in [-0.3, -0.25) is 14.5 Å². The lowest BCUT2D eigenvalue weighted by atomic mass is 10.2. The third-order valence-corrected chi connectivity index (χ3v) is 3.07. The fourth-order valence-electron chi connectivity index (χ4n) is 2.07. The van der Waals surface area contributed by atoms with Crippen molar-refractivity contribution in [1.29, 1.82) is 0 Å². The topological polar surface area (TPSA) is 113 Å². The normalized spacial score (nSPS) is 18.2. The largest absolute Gasteiger partial charge is 0.480 e. The van der Waals surface area contributed by atoms with Crippen LogP contribution in [0.15, 0.2) is 0 Å². The van der Waals surface area contributed by atoms with Crippen molar-refractivity contribution in [3.05, 3.63) is 0 Å². The maximum Gasteiger partial charge on any atom is 0.332 e. The van der Waals surface area contributed by atoms with Gasteiger partial charge in [-0.15, -0.1) is 0 Å². The Labute approximate surface area is 117 Å². The molecule has 1 aliphatic heterocycles. The lowest BCUT2D eigenvalue weighted by Gasteiger charge is -2.23. The van der Waals surface area contributed by atoms with Crippen LogP contribution in [0.3, 0.4) is 0 Å². The van der Waals surface area contributed by atoms with E-state index in [-0.39, 0.29) is 13.2 Å². The molecule has 8 heteroatoms.